The highest BCUT2D eigenvalue weighted by Gasteiger charge is 2.44. The summed E-state index contributed by atoms with van der Waals surface area (Å²) in [5, 5.41) is 10.8. The summed E-state index contributed by atoms with van der Waals surface area (Å²) in [4.78, 5) is 41.7. The zero-order chi connectivity index (χ0) is 22.8. The summed E-state index contributed by atoms with van der Waals surface area (Å²) < 4.78 is 4.93. The van der Waals surface area contributed by atoms with Crippen LogP contribution in [-0.2, 0) is 20.9 Å². The number of ether oxygens (including phenoxy) is 1. The molecule has 32 heavy (non-hydrogen) atoms. The zero-order valence-electron chi connectivity index (χ0n) is 18.4. The van der Waals surface area contributed by atoms with E-state index in [9.17, 15) is 19.7 Å². The summed E-state index contributed by atoms with van der Waals surface area (Å²) in [6.45, 7) is 5.02. The van der Waals surface area contributed by atoms with Crippen LogP contribution >= 0.6 is 0 Å². The number of nitro benzene ring substituents is 1. The summed E-state index contributed by atoms with van der Waals surface area (Å²) in [7, 11) is 3.06. The van der Waals surface area contributed by atoms with E-state index in [0.717, 1.165) is 50.4 Å². The first kappa shape index (κ1) is 22.2. The van der Waals surface area contributed by atoms with E-state index in [-0.39, 0.29) is 34.3 Å². The minimum atomic E-state index is -0.385. The van der Waals surface area contributed by atoms with Gasteiger partial charge in [-0.05, 0) is 17.6 Å². The van der Waals surface area contributed by atoms with Crippen molar-refractivity contribution in [2.45, 2.75) is 13.0 Å². The van der Waals surface area contributed by atoms with Crippen LogP contribution in [0.5, 0.6) is 0 Å². The van der Waals surface area contributed by atoms with Gasteiger partial charge in [-0.15, -0.1) is 0 Å². The lowest BCUT2D eigenvalue weighted by molar-refractivity contribution is -0.384. The second kappa shape index (κ2) is 9.22. The number of piperazine rings is 1. The van der Waals surface area contributed by atoms with Gasteiger partial charge in [0, 0.05) is 70.6 Å². The number of esters is 1. The van der Waals surface area contributed by atoms with Crippen LogP contribution in [0.2, 0.25) is 0 Å². The summed E-state index contributed by atoms with van der Waals surface area (Å²) in [5.74, 6) is -0.765. The fraction of sp³-hybridized carbons (Fsp3) is 0.478. The Hall–Kier alpha value is -3.04. The molecule has 3 aliphatic rings. The normalized spacial score (nSPS) is 24.1. The summed E-state index contributed by atoms with van der Waals surface area (Å²) in [6.07, 6.45) is 4.41. The van der Waals surface area contributed by atoms with E-state index in [1.807, 2.05) is 12.1 Å². The van der Waals surface area contributed by atoms with Crippen molar-refractivity contribution in [3.63, 3.8) is 0 Å². The van der Waals surface area contributed by atoms with E-state index >= 15 is 0 Å². The predicted octanol–water partition coefficient (Wildman–Crippen LogP) is 1.80. The lowest BCUT2D eigenvalue weighted by Crippen LogP contribution is -2.47. The maximum absolute atomic E-state index is 12.9. The third-order valence-corrected chi connectivity index (χ3v) is 6.63. The highest BCUT2D eigenvalue weighted by molar-refractivity contribution is 5.95. The van der Waals surface area contributed by atoms with Crippen LogP contribution in [-0.4, -0.2) is 78.4 Å². The molecule has 1 fully saturated rings. The van der Waals surface area contributed by atoms with Crippen LogP contribution in [0.3, 0.4) is 0 Å². The van der Waals surface area contributed by atoms with Crippen LogP contribution in [0.25, 0.3) is 0 Å². The van der Waals surface area contributed by atoms with Gasteiger partial charge in [-0.25, -0.2) is 4.79 Å². The highest BCUT2D eigenvalue weighted by atomic mass is 16.6. The van der Waals surface area contributed by atoms with Crippen LogP contribution in [0.1, 0.15) is 12.0 Å². The molecule has 1 saturated heterocycles. The molecule has 0 radical (unpaired) electrons. The number of amides is 1. The number of benzene rings is 1. The SMILES string of the molecule is COC(=O)C1=CN(C)C(=O)[C@@H]2C(CN3CCN(Cc4ccc([N+](=O)[O-])cc4)CC3)=CC[C@H]12. The molecule has 170 valence electrons. The second-order valence-corrected chi connectivity index (χ2v) is 8.60. The molecule has 2 atom stereocenters. The van der Waals surface area contributed by atoms with Crippen LogP contribution in [0, 0.1) is 22.0 Å². The highest BCUT2D eigenvalue weighted by Crippen LogP contribution is 2.41. The standard InChI is InChI=1S/C23H28N4O5/c1-24-15-20(23(29)32-2)19-8-5-17(21(19)22(24)28)14-26-11-9-25(10-12-26)13-16-3-6-18(7-4-16)27(30)31/h3-7,15,19,21H,8-14H2,1-2H3/t19-,21-/m1/s1. The van der Waals surface area contributed by atoms with E-state index in [1.165, 1.54) is 12.0 Å². The molecule has 9 nitrogen and oxygen atoms in total. The van der Waals surface area contributed by atoms with Gasteiger partial charge in [0.2, 0.25) is 5.91 Å². The van der Waals surface area contributed by atoms with Gasteiger partial charge in [0.05, 0.1) is 23.5 Å². The Morgan fingerprint density at radius 2 is 1.75 bits per heavy atom. The van der Waals surface area contributed by atoms with E-state index in [1.54, 1.807) is 25.4 Å². The van der Waals surface area contributed by atoms with Crippen LogP contribution in [0.4, 0.5) is 5.69 Å². The van der Waals surface area contributed by atoms with E-state index < -0.39 is 0 Å². The van der Waals surface area contributed by atoms with E-state index in [2.05, 4.69) is 15.9 Å². The van der Waals surface area contributed by atoms with Crippen molar-refractivity contribution in [2.24, 2.45) is 11.8 Å². The number of nitrogens with zero attached hydrogens (tertiary/aromatic N) is 4. The molecule has 4 rings (SSSR count). The number of methoxy groups -OCH3 is 1. The second-order valence-electron chi connectivity index (χ2n) is 8.60. The molecule has 0 spiro atoms. The molecule has 2 aliphatic heterocycles. The number of nitro groups is 1. The average molecular weight is 441 g/mol. The number of hydrogen-bond donors (Lipinski definition) is 0. The van der Waals surface area contributed by atoms with Crippen molar-refractivity contribution in [3.8, 4) is 0 Å². The Balaban J connectivity index is 1.32. The zero-order valence-corrected chi connectivity index (χ0v) is 18.4. The van der Waals surface area contributed by atoms with E-state index in [0.29, 0.717) is 12.0 Å². The molecular weight excluding hydrogens is 412 g/mol. The Kier molecular flexibility index (Phi) is 6.38. The minimum Gasteiger partial charge on any atom is -0.466 e. The summed E-state index contributed by atoms with van der Waals surface area (Å²) in [5.41, 5.74) is 2.82. The van der Waals surface area contributed by atoms with Crippen molar-refractivity contribution in [1.29, 1.82) is 0 Å². The Labute approximate surface area is 187 Å². The van der Waals surface area contributed by atoms with Crippen molar-refractivity contribution >= 4 is 17.6 Å². The summed E-state index contributed by atoms with van der Waals surface area (Å²) >= 11 is 0. The van der Waals surface area contributed by atoms with Gasteiger partial charge in [0.1, 0.15) is 0 Å². The Bertz CT molecular complexity index is 963. The van der Waals surface area contributed by atoms with Gasteiger partial charge in [-0.1, -0.05) is 18.2 Å². The van der Waals surface area contributed by atoms with E-state index in [4.69, 9.17) is 4.74 Å². The molecule has 0 aromatic heterocycles. The summed E-state index contributed by atoms with van der Waals surface area (Å²) in [6, 6.07) is 6.71. The average Bonchev–Trinajstić information content (AvgIpc) is 3.21. The van der Waals surface area contributed by atoms with Crippen molar-refractivity contribution < 1.29 is 19.2 Å². The van der Waals surface area contributed by atoms with Crippen LogP contribution in [0.15, 0.2) is 47.7 Å². The van der Waals surface area contributed by atoms with Gasteiger partial charge in [-0.3, -0.25) is 24.7 Å². The fourth-order valence-electron chi connectivity index (χ4n) is 4.85. The molecule has 9 heteroatoms. The smallest absolute Gasteiger partial charge is 0.335 e. The van der Waals surface area contributed by atoms with Crippen LogP contribution < -0.4 is 0 Å². The maximum Gasteiger partial charge on any atom is 0.335 e. The van der Waals surface area contributed by atoms with Crippen molar-refractivity contribution in [3.05, 3.63) is 63.4 Å². The lowest BCUT2D eigenvalue weighted by Gasteiger charge is -2.37. The number of non-ortho nitro benzene ring substituents is 1. The predicted molar refractivity (Wildman–Crippen MR) is 117 cm³/mol. The number of allylic oxidation sites excluding steroid dienone is 1. The number of rotatable bonds is 6. The van der Waals surface area contributed by atoms with Crippen molar-refractivity contribution in [2.75, 3.05) is 46.9 Å². The first-order valence-corrected chi connectivity index (χ1v) is 10.8. The number of carbonyl (C=O) groups excluding carboxylic acids is 2. The third-order valence-electron chi connectivity index (χ3n) is 6.63. The topological polar surface area (TPSA) is 96.2 Å². The maximum atomic E-state index is 12.9. The molecule has 0 N–H and O–H groups in total. The molecule has 2 heterocycles. The lowest BCUT2D eigenvalue weighted by atomic mass is 9.82. The van der Waals surface area contributed by atoms with Gasteiger partial charge in [-0.2, -0.15) is 0 Å². The number of carbonyl (C=O) groups is 2. The fourth-order valence-corrected chi connectivity index (χ4v) is 4.85. The van der Waals surface area contributed by atoms with Gasteiger partial charge >= 0.3 is 5.97 Å². The molecule has 0 unspecified atom stereocenters. The van der Waals surface area contributed by atoms with Gasteiger partial charge in [0.15, 0.2) is 0 Å². The Morgan fingerprint density at radius 3 is 2.34 bits per heavy atom. The molecule has 1 aliphatic carbocycles. The monoisotopic (exact) mass is 440 g/mol. The van der Waals surface area contributed by atoms with Gasteiger partial charge < -0.3 is 9.64 Å². The largest absolute Gasteiger partial charge is 0.466 e. The molecule has 1 aromatic rings. The molecule has 0 saturated carbocycles. The molecule has 0 bridgehead atoms. The van der Waals surface area contributed by atoms with Crippen molar-refractivity contribution in [1.82, 2.24) is 14.7 Å². The number of fused-ring (bicyclic) bond motifs is 1. The Morgan fingerprint density at radius 1 is 1.12 bits per heavy atom. The quantitative estimate of drug-likeness (QED) is 0.288. The molecule has 1 aromatic carbocycles. The first-order chi connectivity index (χ1) is 15.4. The first-order valence-electron chi connectivity index (χ1n) is 10.8. The third kappa shape index (κ3) is 4.44. The molecular formula is C23H28N4O5. The molecule has 1 amide bonds. The van der Waals surface area contributed by atoms with Gasteiger partial charge in [0.25, 0.3) is 5.69 Å². The number of hydrogen-bond acceptors (Lipinski definition) is 7. The minimum absolute atomic E-state index is 0.0308.